The number of rotatable bonds is 6. The van der Waals surface area contributed by atoms with E-state index in [1.807, 2.05) is 0 Å². The van der Waals surface area contributed by atoms with Crippen LogP contribution in [-0.2, 0) is 9.84 Å². The fraction of sp³-hybridized carbons (Fsp3) is 0. The number of carbonyl (C=O) groups excluding carboxylic acids is 2. The van der Waals surface area contributed by atoms with Crippen LogP contribution in [0.3, 0.4) is 0 Å². The van der Waals surface area contributed by atoms with E-state index in [-0.39, 0.29) is 32.8 Å². The van der Waals surface area contributed by atoms with Crippen LogP contribution in [0.1, 0.15) is 0 Å². The highest BCUT2D eigenvalue weighted by atomic mass is 32.2. The number of hydrogen-bond acceptors (Lipinski definition) is 10. The van der Waals surface area contributed by atoms with Crippen molar-refractivity contribution < 1.29 is 37.0 Å². The minimum Gasteiger partial charge on any atom is -0.399 e. The average molecular weight is 521 g/mol. The molecule has 4 aromatic carbocycles. The second kappa shape index (κ2) is 10.7. The zero-order valence-electron chi connectivity index (χ0n) is 19.1. The van der Waals surface area contributed by atoms with E-state index in [0.29, 0.717) is 11.4 Å². The third-order valence-electron chi connectivity index (χ3n) is 4.83. The van der Waals surface area contributed by atoms with E-state index in [2.05, 4.69) is 0 Å². The zero-order valence-corrected chi connectivity index (χ0v) is 19.9. The smallest absolute Gasteiger partial charge is 0.399 e. The summed E-state index contributed by atoms with van der Waals surface area (Å²) in [6.45, 7) is 0. The molecule has 0 unspecified atom stereocenters. The first-order valence-corrected chi connectivity index (χ1v) is 12.1. The lowest BCUT2D eigenvalue weighted by molar-refractivity contribution is 0.150. The van der Waals surface area contributed by atoms with E-state index >= 15 is 0 Å². The molecular formula is C26H20N2O8S. The average Bonchev–Trinajstić information content (AvgIpc) is 2.87. The Bertz CT molecular complexity index is 1390. The van der Waals surface area contributed by atoms with E-state index in [0.717, 1.165) is 0 Å². The van der Waals surface area contributed by atoms with Crippen LogP contribution in [0.4, 0.5) is 21.0 Å². The van der Waals surface area contributed by atoms with Crippen molar-refractivity contribution in [1.29, 1.82) is 0 Å². The molecular weight excluding hydrogens is 500 g/mol. The summed E-state index contributed by atoms with van der Waals surface area (Å²) in [7, 11) is -3.90. The lowest BCUT2D eigenvalue weighted by Gasteiger charge is -2.09. The predicted molar refractivity (Wildman–Crippen MR) is 133 cm³/mol. The van der Waals surface area contributed by atoms with Crippen molar-refractivity contribution in [2.24, 2.45) is 0 Å². The molecule has 188 valence electrons. The van der Waals surface area contributed by atoms with Crippen molar-refractivity contribution in [3.05, 3.63) is 97.1 Å². The first kappa shape index (κ1) is 25.1. The van der Waals surface area contributed by atoms with E-state index < -0.39 is 22.1 Å². The van der Waals surface area contributed by atoms with Gasteiger partial charge in [0.1, 0.15) is 23.0 Å². The third-order valence-corrected chi connectivity index (χ3v) is 6.62. The molecule has 0 aliphatic rings. The predicted octanol–water partition coefficient (Wildman–Crippen LogP) is 4.84. The molecule has 0 bridgehead atoms. The van der Waals surface area contributed by atoms with Crippen LogP contribution in [0.2, 0.25) is 0 Å². The number of nitrogen functional groups attached to an aromatic ring is 2. The number of anilines is 2. The van der Waals surface area contributed by atoms with Crippen molar-refractivity contribution in [1.82, 2.24) is 0 Å². The molecule has 11 heteroatoms. The van der Waals surface area contributed by atoms with Crippen molar-refractivity contribution >= 4 is 33.5 Å². The zero-order chi connectivity index (χ0) is 26.4. The summed E-state index contributed by atoms with van der Waals surface area (Å²) in [6, 6.07) is 22.7. The molecule has 0 fully saturated rings. The molecule has 0 aliphatic heterocycles. The van der Waals surface area contributed by atoms with Gasteiger partial charge in [0.15, 0.2) is 0 Å². The van der Waals surface area contributed by atoms with Gasteiger partial charge in [0, 0.05) is 11.4 Å². The Balaban J connectivity index is 1.36. The maximum absolute atomic E-state index is 13.0. The van der Waals surface area contributed by atoms with E-state index in [1.54, 1.807) is 24.3 Å². The third kappa shape index (κ3) is 6.55. The van der Waals surface area contributed by atoms with E-state index in [9.17, 15) is 18.0 Å². The molecule has 4 aromatic rings. The monoisotopic (exact) mass is 520 g/mol. The fourth-order valence-electron chi connectivity index (χ4n) is 3.01. The van der Waals surface area contributed by atoms with Gasteiger partial charge in [0.25, 0.3) is 0 Å². The topological polar surface area (TPSA) is 157 Å². The molecule has 4 rings (SSSR count). The van der Waals surface area contributed by atoms with Gasteiger partial charge in [0.2, 0.25) is 9.84 Å². The summed E-state index contributed by atoms with van der Waals surface area (Å²) in [5.41, 5.74) is 12.2. The van der Waals surface area contributed by atoms with Gasteiger partial charge in [-0.1, -0.05) is 0 Å². The van der Waals surface area contributed by atoms with Gasteiger partial charge in [-0.25, -0.2) is 18.0 Å². The number of ether oxygens (including phenoxy) is 4. The van der Waals surface area contributed by atoms with E-state index in [1.165, 1.54) is 72.8 Å². The van der Waals surface area contributed by atoms with Crippen LogP contribution in [0.5, 0.6) is 23.0 Å². The maximum Gasteiger partial charge on any atom is 0.519 e. The number of benzene rings is 4. The Morgan fingerprint density at radius 3 is 0.973 bits per heavy atom. The summed E-state index contributed by atoms with van der Waals surface area (Å²) in [6.07, 6.45) is -1.99. The number of nitrogens with two attached hydrogens (primary N) is 2. The van der Waals surface area contributed by atoms with Crippen LogP contribution in [0, 0.1) is 0 Å². The second-order valence-corrected chi connectivity index (χ2v) is 9.44. The van der Waals surface area contributed by atoms with Crippen molar-refractivity contribution in [2.45, 2.75) is 9.79 Å². The molecule has 4 N–H and O–H groups in total. The Morgan fingerprint density at radius 2 is 0.703 bits per heavy atom. The highest BCUT2D eigenvalue weighted by Gasteiger charge is 2.19. The van der Waals surface area contributed by atoms with Gasteiger partial charge in [-0.05, 0) is 97.1 Å². The van der Waals surface area contributed by atoms with E-state index in [4.69, 9.17) is 30.4 Å². The number of hydrogen-bond donors (Lipinski definition) is 2. The molecule has 37 heavy (non-hydrogen) atoms. The van der Waals surface area contributed by atoms with Gasteiger partial charge in [0.05, 0.1) is 9.79 Å². The molecule has 0 saturated heterocycles. The minimum atomic E-state index is -3.90. The van der Waals surface area contributed by atoms with Crippen LogP contribution < -0.4 is 30.4 Å². The largest absolute Gasteiger partial charge is 0.519 e. The summed E-state index contributed by atoms with van der Waals surface area (Å²) >= 11 is 0. The Morgan fingerprint density at radius 1 is 0.459 bits per heavy atom. The van der Waals surface area contributed by atoms with Crippen LogP contribution in [-0.4, -0.2) is 20.7 Å². The molecule has 0 atom stereocenters. The van der Waals surface area contributed by atoms with Crippen molar-refractivity contribution in [3.63, 3.8) is 0 Å². The molecule has 0 heterocycles. The lowest BCUT2D eigenvalue weighted by atomic mass is 10.3. The van der Waals surface area contributed by atoms with Crippen LogP contribution in [0.25, 0.3) is 0 Å². The van der Waals surface area contributed by atoms with Crippen LogP contribution in [0.15, 0.2) is 107 Å². The standard InChI is InChI=1S/C26H20N2O8S/c27-17-1-5-19(6-2-17)33-25(29)35-21-9-13-23(14-10-21)37(31,32)24-15-11-22(12-16-24)36-26(30)34-20-7-3-18(28)4-8-20/h1-16H,27-28H2. The summed E-state index contributed by atoms with van der Waals surface area (Å²) in [4.78, 5) is 23.8. The summed E-state index contributed by atoms with van der Waals surface area (Å²) < 4.78 is 46.1. The highest BCUT2D eigenvalue weighted by molar-refractivity contribution is 7.91. The van der Waals surface area contributed by atoms with Gasteiger partial charge in [-0.15, -0.1) is 0 Å². The van der Waals surface area contributed by atoms with Crippen molar-refractivity contribution in [2.75, 3.05) is 11.5 Å². The Hall–Kier alpha value is -5.03. The maximum atomic E-state index is 13.0. The Kier molecular flexibility index (Phi) is 7.26. The van der Waals surface area contributed by atoms with Gasteiger partial charge >= 0.3 is 12.3 Å². The normalized spacial score (nSPS) is 10.8. The van der Waals surface area contributed by atoms with Gasteiger partial charge < -0.3 is 30.4 Å². The molecule has 0 amide bonds. The molecule has 0 saturated carbocycles. The quantitative estimate of drug-likeness (QED) is 0.205. The van der Waals surface area contributed by atoms with Gasteiger partial charge in [-0.3, -0.25) is 0 Å². The highest BCUT2D eigenvalue weighted by Crippen LogP contribution is 2.26. The van der Waals surface area contributed by atoms with Crippen LogP contribution >= 0.6 is 0 Å². The molecule has 10 nitrogen and oxygen atoms in total. The summed E-state index contributed by atoms with van der Waals surface area (Å²) in [5.74, 6) is 0.652. The Labute approximate surface area is 211 Å². The van der Waals surface area contributed by atoms with Gasteiger partial charge in [-0.2, -0.15) is 0 Å². The second-order valence-electron chi connectivity index (χ2n) is 7.49. The first-order valence-electron chi connectivity index (χ1n) is 10.6. The molecule has 0 radical (unpaired) electrons. The SMILES string of the molecule is Nc1ccc(OC(=O)Oc2ccc(S(=O)(=O)c3ccc(OC(=O)Oc4ccc(N)cc4)cc3)cc2)cc1. The molecule has 0 aromatic heterocycles. The molecule has 0 aliphatic carbocycles. The fourth-order valence-corrected chi connectivity index (χ4v) is 4.27. The number of sulfone groups is 1. The number of carbonyl (C=O) groups is 2. The first-order chi connectivity index (χ1) is 17.7. The molecule has 0 spiro atoms. The van der Waals surface area contributed by atoms with Crippen molar-refractivity contribution in [3.8, 4) is 23.0 Å². The lowest BCUT2D eigenvalue weighted by Crippen LogP contribution is -2.14. The minimum absolute atomic E-state index is 0.0387. The summed E-state index contributed by atoms with van der Waals surface area (Å²) in [5, 5.41) is 0.